The Balaban J connectivity index is 0.000000251. The van der Waals surface area contributed by atoms with Crippen molar-refractivity contribution < 1.29 is 33.1 Å². The van der Waals surface area contributed by atoms with Gasteiger partial charge in [-0.25, -0.2) is 4.98 Å². The van der Waals surface area contributed by atoms with Gasteiger partial charge in [0.1, 0.15) is 0 Å². The van der Waals surface area contributed by atoms with Gasteiger partial charge in [0.05, 0.1) is 0 Å². The predicted molar refractivity (Wildman–Crippen MR) is 96.9 cm³/mol. The predicted octanol–water partition coefficient (Wildman–Crippen LogP) is 2.94. The van der Waals surface area contributed by atoms with Crippen LogP contribution < -0.4 is 4.90 Å². The molecule has 26 heavy (non-hydrogen) atoms. The van der Waals surface area contributed by atoms with Gasteiger partial charge in [-0.15, -0.1) is 35.9 Å². The Kier molecular flexibility index (Phi) is 8.54. The van der Waals surface area contributed by atoms with Crippen molar-refractivity contribution in [2.24, 2.45) is 0 Å². The van der Waals surface area contributed by atoms with Crippen LogP contribution in [0.5, 0.6) is 0 Å². The number of anilines is 1. The third-order valence-corrected chi connectivity index (χ3v) is 3.90. The zero-order valence-corrected chi connectivity index (χ0v) is 17.4. The minimum atomic E-state index is -4.20. The first kappa shape index (κ1) is 21.9. The van der Waals surface area contributed by atoms with Gasteiger partial charge in [-0.1, -0.05) is 12.1 Å². The molecule has 0 saturated carbocycles. The van der Waals surface area contributed by atoms with E-state index in [1.54, 1.807) is 31.3 Å². The number of rotatable bonds is 3. The number of nitrogens with zero attached hydrogens (tertiary/aromatic N) is 3. The molecule has 0 bridgehead atoms. The topological polar surface area (TPSA) is 83.4 Å². The zero-order chi connectivity index (χ0) is 18.3. The van der Waals surface area contributed by atoms with E-state index in [9.17, 15) is 8.42 Å². The van der Waals surface area contributed by atoms with Crippen molar-refractivity contribution >= 4 is 15.8 Å². The Labute approximate surface area is 167 Å². The van der Waals surface area contributed by atoms with Crippen LogP contribution >= 0.6 is 0 Å². The summed E-state index contributed by atoms with van der Waals surface area (Å²) in [6, 6.07) is 19.8. The molecule has 0 aliphatic carbocycles. The van der Waals surface area contributed by atoms with Gasteiger partial charge >= 0.3 is 10.1 Å². The van der Waals surface area contributed by atoms with E-state index in [1.807, 2.05) is 42.5 Å². The second kappa shape index (κ2) is 10.1. The molecule has 0 unspecified atom stereocenters. The summed E-state index contributed by atoms with van der Waals surface area (Å²) in [7, 11) is -0.663. The fourth-order valence-electron chi connectivity index (χ4n) is 1.89. The average molecular weight is 549 g/mol. The van der Waals surface area contributed by atoms with Crippen molar-refractivity contribution in [3.63, 3.8) is 0 Å². The van der Waals surface area contributed by atoms with Crippen molar-refractivity contribution in [1.29, 1.82) is 0 Å². The maximum atomic E-state index is 10.7. The summed E-state index contributed by atoms with van der Waals surface area (Å²) in [4.78, 5) is 9.46. The van der Waals surface area contributed by atoms with Crippen LogP contribution in [0.15, 0.2) is 72.0 Å². The molecule has 3 rings (SSSR count). The molecule has 8 heteroatoms. The van der Waals surface area contributed by atoms with Gasteiger partial charge in [-0.2, -0.15) is 8.42 Å². The van der Waals surface area contributed by atoms with Gasteiger partial charge in [-0.05, 0) is 17.8 Å². The molecule has 1 aromatic carbocycles. The summed E-state index contributed by atoms with van der Waals surface area (Å²) < 4.78 is 30.1. The van der Waals surface area contributed by atoms with Crippen LogP contribution in [-0.2, 0) is 30.2 Å². The van der Waals surface area contributed by atoms with Crippen molar-refractivity contribution in [2.45, 2.75) is 5.03 Å². The fourth-order valence-corrected chi connectivity index (χ4v) is 2.36. The standard InChI is InChI=1S/C11H8N.C7H10N2O3S.Ir/c1-2-6-10(7-3-1)11-8-4-5-9-12-11;1-9(2)6-3-4-8-7(5-6)13(10,11)12;/h1-6,8-9H;3-5H,1-2H3,(H,10,11,12);/q-1;;. The third-order valence-electron chi connectivity index (χ3n) is 3.15. The van der Waals surface area contributed by atoms with Crippen LogP contribution in [0.1, 0.15) is 0 Å². The summed E-state index contributed by atoms with van der Waals surface area (Å²) in [5, 5.41) is -0.335. The van der Waals surface area contributed by atoms with Crippen LogP contribution in [0.4, 0.5) is 5.69 Å². The molecule has 1 radical (unpaired) electrons. The maximum Gasteiger partial charge on any atom is 0.312 e. The molecule has 6 nitrogen and oxygen atoms in total. The normalized spacial score (nSPS) is 10.1. The van der Waals surface area contributed by atoms with Gasteiger partial charge < -0.3 is 9.88 Å². The van der Waals surface area contributed by atoms with Crippen LogP contribution in [0.25, 0.3) is 11.3 Å². The summed E-state index contributed by atoms with van der Waals surface area (Å²) in [6.07, 6.45) is 3.12. The second-order valence-electron chi connectivity index (χ2n) is 5.21. The van der Waals surface area contributed by atoms with E-state index in [0.717, 1.165) is 11.3 Å². The molecule has 0 aliphatic rings. The molecule has 2 aromatic heterocycles. The van der Waals surface area contributed by atoms with Gasteiger partial charge in [0.2, 0.25) is 0 Å². The first-order valence-electron chi connectivity index (χ1n) is 7.37. The minimum Gasteiger partial charge on any atom is -0.378 e. The van der Waals surface area contributed by atoms with Gasteiger partial charge in [0, 0.05) is 58.3 Å². The largest absolute Gasteiger partial charge is 0.378 e. The quantitative estimate of drug-likeness (QED) is 0.401. The first-order chi connectivity index (χ1) is 11.9. The molecular formula is C18H18IrN3O3S-. The Morgan fingerprint density at radius 3 is 2.27 bits per heavy atom. The van der Waals surface area contributed by atoms with Crippen LogP contribution in [0.2, 0.25) is 0 Å². The molecule has 0 atom stereocenters. The van der Waals surface area contributed by atoms with Gasteiger partial charge in [0.25, 0.3) is 0 Å². The third kappa shape index (κ3) is 6.65. The molecule has 1 N–H and O–H groups in total. The van der Waals surface area contributed by atoms with Crippen LogP contribution in [-0.4, -0.2) is 37.0 Å². The fraction of sp³-hybridized carbons (Fsp3) is 0.111. The number of aromatic nitrogens is 2. The molecule has 0 spiro atoms. The van der Waals surface area contributed by atoms with E-state index < -0.39 is 10.1 Å². The Morgan fingerprint density at radius 1 is 1.00 bits per heavy atom. The van der Waals surface area contributed by atoms with E-state index in [-0.39, 0.29) is 25.1 Å². The first-order valence-corrected chi connectivity index (χ1v) is 8.81. The monoisotopic (exact) mass is 549 g/mol. The Hall–Kier alpha value is -2.12. The average Bonchev–Trinajstić information content (AvgIpc) is 2.63. The SMILES string of the molecule is CN(C)c1ccnc(S(=O)(=O)O)c1.[Ir].[c-]1ccccc1-c1ccccn1. The van der Waals surface area contributed by atoms with Crippen LogP contribution in [0.3, 0.4) is 0 Å². The summed E-state index contributed by atoms with van der Waals surface area (Å²) in [5.74, 6) is 0. The Bertz CT molecular complexity index is 868. The second-order valence-corrected chi connectivity index (χ2v) is 6.58. The summed E-state index contributed by atoms with van der Waals surface area (Å²) in [5.41, 5.74) is 2.68. The molecule has 0 saturated heterocycles. The van der Waals surface area contributed by atoms with Crippen molar-refractivity contribution in [2.75, 3.05) is 19.0 Å². The van der Waals surface area contributed by atoms with Crippen molar-refractivity contribution in [1.82, 2.24) is 9.97 Å². The van der Waals surface area contributed by atoms with E-state index in [0.29, 0.717) is 5.69 Å². The molecule has 0 amide bonds. The van der Waals surface area contributed by atoms with E-state index in [1.165, 1.54) is 12.3 Å². The smallest absolute Gasteiger partial charge is 0.312 e. The Morgan fingerprint density at radius 2 is 1.73 bits per heavy atom. The zero-order valence-electron chi connectivity index (χ0n) is 14.2. The van der Waals surface area contributed by atoms with Crippen LogP contribution in [0, 0.1) is 6.07 Å². The molecule has 139 valence electrons. The number of benzene rings is 1. The maximum absolute atomic E-state index is 10.7. The van der Waals surface area contributed by atoms with Gasteiger partial charge in [0.15, 0.2) is 5.03 Å². The van der Waals surface area contributed by atoms with E-state index >= 15 is 0 Å². The molecule has 2 heterocycles. The number of hydrogen-bond acceptors (Lipinski definition) is 5. The molecule has 3 aromatic rings. The van der Waals surface area contributed by atoms with Crippen molar-refractivity contribution in [3.05, 3.63) is 73.1 Å². The minimum absolute atomic E-state index is 0. The molecule has 0 fully saturated rings. The molecule has 0 aliphatic heterocycles. The summed E-state index contributed by atoms with van der Waals surface area (Å²) >= 11 is 0. The number of hydrogen-bond donors (Lipinski definition) is 1. The van der Waals surface area contributed by atoms with Gasteiger partial charge in [-0.3, -0.25) is 4.55 Å². The van der Waals surface area contributed by atoms with E-state index in [2.05, 4.69) is 16.0 Å². The number of pyridine rings is 2. The van der Waals surface area contributed by atoms with Crippen molar-refractivity contribution in [3.8, 4) is 11.3 Å². The summed E-state index contributed by atoms with van der Waals surface area (Å²) in [6.45, 7) is 0. The van der Waals surface area contributed by atoms with E-state index in [4.69, 9.17) is 4.55 Å². The molecular weight excluding hydrogens is 531 g/mol.